The van der Waals surface area contributed by atoms with E-state index in [0.29, 0.717) is 0 Å². The molecule has 2 aliphatic rings. The van der Waals surface area contributed by atoms with Crippen LogP contribution in [-0.2, 0) is 19.4 Å². The van der Waals surface area contributed by atoms with Crippen molar-refractivity contribution in [3.05, 3.63) is 41.8 Å². The fraction of sp³-hybridized carbons (Fsp3) is 0.471. The lowest BCUT2D eigenvalue weighted by atomic mass is 9.75. The zero-order valence-corrected chi connectivity index (χ0v) is 13.3. The molecular formula is C17H20O4S. The summed E-state index contributed by atoms with van der Waals surface area (Å²) in [6, 6.07) is 8.37. The Kier molecular flexibility index (Phi) is 4.08. The van der Waals surface area contributed by atoms with E-state index in [1.165, 1.54) is 5.41 Å². The average molecular weight is 320 g/mol. The fourth-order valence-corrected chi connectivity index (χ4v) is 4.56. The van der Waals surface area contributed by atoms with Crippen molar-refractivity contribution in [2.75, 3.05) is 0 Å². The minimum Gasteiger partial charge on any atom is -0.461 e. The van der Waals surface area contributed by atoms with Crippen molar-refractivity contribution in [2.24, 2.45) is 17.8 Å². The van der Waals surface area contributed by atoms with Gasteiger partial charge in [-0.2, -0.15) is 0 Å². The first kappa shape index (κ1) is 15.3. The van der Waals surface area contributed by atoms with E-state index < -0.39 is 9.84 Å². The number of carbonyl (C=O) groups is 1. The fourth-order valence-electron chi connectivity index (χ4n) is 3.46. The summed E-state index contributed by atoms with van der Waals surface area (Å²) >= 11 is 0. The van der Waals surface area contributed by atoms with Gasteiger partial charge >= 0.3 is 5.97 Å². The number of hydrogen-bond donors (Lipinski definition) is 0. The normalized spacial score (nSPS) is 32.0. The van der Waals surface area contributed by atoms with Crippen LogP contribution < -0.4 is 0 Å². The number of sulfone groups is 1. The van der Waals surface area contributed by atoms with Gasteiger partial charge in [0.1, 0.15) is 6.10 Å². The molecule has 22 heavy (non-hydrogen) atoms. The molecule has 118 valence electrons. The number of esters is 1. The summed E-state index contributed by atoms with van der Waals surface area (Å²) in [6.45, 7) is 1.90. The standard InChI is InChI=1S/C17H20O4S/c1-12-15-9-5-6-13(16(15)21-17(12)18)10-11-22(19,20)14-7-3-2-4-8-14/h2-4,7-8,10-13,15-16H,5-6,9H2,1H3/b11-10+/t12-,13-,15-,16-/m0/s1. The molecule has 1 aliphatic heterocycles. The zero-order chi connectivity index (χ0) is 15.7. The molecule has 0 unspecified atom stereocenters. The largest absolute Gasteiger partial charge is 0.461 e. The van der Waals surface area contributed by atoms with E-state index in [9.17, 15) is 13.2 Å². The van der Waals surface area contributed by atoms with Gasteiger partial charge in [0.05, 0.1) is 10.8 Å². The maximum atomic E-state index is 12.3. The first-order valence-electron chi connectivity index (χ1n) is 7.68. The van der Waals surface area contributed by atoms with Gasteiger partial charge in [-0.1, -0.05) is 37.6 Å². The number of hydrogen-bond acceptors (Lipinski definition) is 4. The molecule has 2 fully saturated rings. The Balaban J connectivity index is 1.79. The van der Waals surface area contributed by atoms with Gasteiger partial charge in [0.15, 0.2) is 9.84 Å². The highest BCUT2D eigenvalue weighted by Gasteiger charge is 2.46. The molecule has 0 bridgehead atoms. The van der Waals surface area contributed by atoms with E-state index in [2.05, 4.69) is 0 Å². The molecule has 4 nitrogen and oxygen atoms in total. The van der Waals surface area contributed by atoms with Crippen LogP contribution in [0.5, 0.6) is 0 Å². The van der Waals surface area contributed by atoms with Crippen LogP contribution in [0.1, 0.15) is 26.2 Å². The topological polar surface area (TPSA) is 60.4 Å². The quantitative estimate of drug-likeness (QED) is 0.803. The Bertz CT molecular complexity index is 678. The first-order chi connectivity index (χ1) is 10.5. The molecule has 1 aromatic rings. The molecule has 1 aromatic carbocycles. The molecule has 0 radical (unpaired) electrons. The van der Waals surface area contributed by atoms with Gasteiger partial charge in [-0.15, -0.1) is 0 Å². The number of rotatable bonds is 3. The zero-order valence-electron chi connectivity index (χ0n) is 12.5. The average Bonchev–Trinajstić information content (AvgIpc) is 2.82. The smallest absolute Gasteiger partial charge is 0.309 e. The molecule has 1 heterocycles. The molecule has 4 atom stereocenters. The van der Waals surface area contributed by atoms with E-state index >= 15 is 0 Å². The molecule has 0 amide bonds. The second-order valence-corrected chi connectivity index (χ2v) is 7.97. The van der Waals surface area contributed by atoms with Crippen molar-refractivity contribution < 1.29 is 17.9 Å². The number of ether oxygens (including phenoxy) is 1. The Hall–Kier alpha value is -1.62. The third kappa shape index (κ3) is 2.82. The number of benzene rings is 1. The maximum Gasteiger partial charge on any atom is 0.309 e. The molecule has 0 N–H and O–H groups in total. The van der Waals surface area contributed by atoms with E-state index in [-0.39, 0.29) is 34.7 Å². The monoisotopic (exact) mass is 320 g/mol. The lowest BCUT2D eigenvalue weighted by Gasteiger charge is -2.30. The van der Waals surface area contributed by atoms with Crippen LogP contribution in [0, 0.1) is 17.8 Å². The van der Waals surface area contributed by atoms with Gasteiger partial charge in [-0.3, -0.25) is 4.79 Å². The highest BCUT2D eigenvalue weighted by Crippen LogP contribution is 2.42. The first-order valence-corrected chi connectivity index (χ1v) is 9.22. The van der Waals surface area contributed by atoms with Gasteiger partial charge in [-0.05, 0) is 25.0 Å². The molecular weight excluding hydrogens is 300 g/mol. The van der Waals surface area contributed by atoms with Gasteiger partial charge in [0, 0.05) is 17.2 Å². The van der Waals surface area contributed by atoms with Gasteiger partial charge < -0.3 is 4.74 Å². The number of fused-ring (bicyclic) bond motifs is 1. The Morgan fingerprint density at radius 1 is 1.18 bits per heavy atom. The van der Waals surface area contributed by atoms with Crippen LogP contribution in [0.3, 0.4) is 0 Å². The van der Waals surface area contributed by atoms with E-state index in [4.69, 9.17) is 4.74 Å². The van der Waals surface area contributed by atoms with Crippen molar-refractivity contribution in [3.63, 3.8) is 0 Å². The van der Waals surface area contributed by atoms with Crippen LogP contribution in [0.15, 0.2) is 46.7 Å². The third-order valence-corrected chi connectivity index (χ3v) is 6.21. The van der Waals surface area contributed by atoms with Crippen LogP contribution >= 0.6 is 0 Å². The summed E-state index contributed by atoms with van der Waals surface area (Å²) in [5.41, 5.74) is 0. The van der Waals surface area contributed by atoms with E-state index in [0.717, 1.165) is 19.3 Å². The predicted molar refractivity (Wildman–Crippen MR) is 82.6 cm³/mol. The van der Waals surface area contributed by atoms with Crippen molar-refractivity contribution in [2.45, 2.75) is 37.2 Å². The van der Waals surface area contributed by atoms with E-state index in [1.807, 2.05) is 6.92 Å². The molecule has 1 saturated carbocycles. The van der Waals surface area contributed by atoms with Gasteiger partial charge in [0.25, 0.3) is 0 Å². The molecule has 1 saturated heterocycles. The van der Waals surface area contributed by atoms with Crippen LogP contribution in [0.2, 0.25) is 0 Å². The number of carbonyl (C=O) groups excluding carboxylic acids is 1. The predicted octanol–water partition coefficient (Wildman–Crippen LogP) is 2.95. The summed E-state index contributed by atoms with van der Waals surface area (Å²) in [5.74, 6) is -0.0189. The second-order valence-electron chi connectivity index (χ2n) is 6.14. The second kappa shape index (κ2) is 5.88. The highest BCUT2D eigenvalue weighted by atomic mass is 32.2. The lowest BCUT2D eigenvalue weighted by Crippen LogP contribution is -2.31. The van der Waals surface area contributed by atoms with Crippen molar-refractivity contribution in [1.82, 2.24) is 0 Å². The molecule has 0 spiro atoms. The SMILES string of the molecule is C[C@@H]1C(=O)O[C@@H]2[C@H]1CCC[C@H]2/C=C/S(=O)(=O)c1ccccc1. The molecule has 1 aliphatic carbocycles. The Morgan fingerprint density at radius 2 is 1.91 bits per heavy atom. The summed E-state index contributed by atoms with van der Waals surface area (Å²) < 4.78 is 30.1. The van der Waals surface area contributed by atoms with Crippen LogP contribution in [0.25, 0.3) is 0 Å². The minimum atomic E-state index is -3.44. The lowest BCUT2D eigenvalue weighted by molar-refractivity contribution is -0.145. The van der Waals surface area contributed by atoms with Crippen molar-refractivity contribution in [1.29, 1.82) is 0 Å². The summed E-state index contributed by atoms with van der Waals surface area (Å²) in [7, 11) is -3.44. The summed E-state index contributed by atoms with van der Waals surface area (Å²) in [4.78, 5) is 12.0. The van der Waals surface area contributed by atoms with Gasteiger partial charge in [0.2, 0.25) is 0 Å². The van der Waals surface area contributed by atoms with Gasteiger partial charge in [-0.25, -0.2) is 8.42 Å². The Labute approximate surface area is 131 Å². The van der Waals surface area contributed by atoms with Crippen LogP contribution in [-0.4, -0.2) is 20.5 Å². The maximum absolute atomic E-state index is 12.3. The Morgan fingerprint density at radius 3 is 2.64 bits per heavy atom. The van der Waals surface area contributed by atoms with E-state index in [1.54, 1.807) is 36.4 Å². The van der Waals surface area contributed by atoms with Crippen LogP contribution in [0.4, 0.5) is 0 Å². The third-order valence-electron chi connectivity index (χ3n) is 4.76. The van der Waals surface area contributed by atoms with Crippen molar-refractivity contribution in [3.8, 4) is 0 Å². The molecule has 5 heteroatoms. The molecule has 3 rings (SSSR count). The minimum absolute atomic E-state index is 0.00821. The van der Waals surface area contributed by atoms with Crippen molar-refractivity contribution >= 4 is 15.8 Å². The summed E-state index contributed by atoms with van der Waals surface area (Å²) in [5, 5.41) is 1.27. The highest BCUT2D eigenvalue weighted by molar-refractivity contribution is 7.94. The summed E-state index contributed by atoms with van der Waals surface area (Å²) in [6.07, 6.45) is 4.39. The molecule has 0 aromatic heterocycles.